The molecule has 0 aliphatic carbocycles. The number of ether oxygens (including phenoxy) is 1. The first-order valence-corrected chi connectivity index (χ1v) is 9.25. The third kappa shape index (κ3) is 3.87. The minimum absolute atomic E-state index is 0.0616. The summed E-state index contributed by atoms with van der Waals surface area (Å²) in [5.74, 6) is 0.658. The van der Waals surface area contributed by atoms with E-state index >= 15 is 0 Å². The molecule has 0 unspecified atom stereocenters. The van der Waals surface area contributed by atoms with Gasteiger partial charge in [-0.05, 0) is 29.4 Å². The predicted molar refractivity (Wildman–Crippen MR) is 101 cm³/mol. The van der Waals surface area contributed by atoms with Gasteiger partial charge in [-0.1, -0.05) is 11.3 Å². The summed E-state index contributed by atoms with van der Waals surface area (Å²) in [4.78, 5) is 21.2. The van der Waals surface area contributed by atoms with E-state index in [4.69, 9.17) is 10.5 Å². The number of nitrogen functional groups attached to an aromatic ring is 1. The molecule has 0 saturated carbocycles. The molecule has 0 aromatic carbocycles. The number of rotatable bonds is 6. The lowest BCUT2D eigenvalue weighted by molar-refractivity contribution is 0.0516. The number of nitrogens with two attached hydrogens (primary N) is 1. The highest BCUT2D eigenvalue weighted by Gasteiger charge is 2.27. The van der Waals surface area contributed by atoms with Crippen LogP contribution in [0.15, 0.2) is 29.0 Å². The first-order valence-electron chi connectivity index (χ1n) is 9.25. The number of esters is 1. The molecule has 4 heterocycles. The van der Waals surface area contributed by atoms with Crippen LogP contribution in [0.25, 0.3) is 5.82 Å². The van der Waals surface area contributed by atoms with Crippen molar-refractivity contribution in [3.63, 3.8) is 0 Å². The number of aromatic nitrogens is 6. The summed E-state index contributed by atoms with van der Waals surface area (Å²) in [5, 5.41) is 15.4. The van der Waals surface area contributed by atoms with Crippen LogP contribution in [0.3, 0.4) is 0 Å². The monoisotopic (exact) mass is 399 g/mol. The Balaban J connectivity index is 1.54. The number of hydrogen-bond acceptors (Lipinski definition) is 11. The summed E-state index contributed by atoms with van der Waals surface area (Å²) in [7, 11) is 0. The van der Waals surface area contributed by atoms with Gasteiger partial charge in [0.15, 0.2) is 5.69 Å². The summed E-state index contributed by atoms with van der Waals surface area (Å²) in [6.07, 6.45) is 1.79. The fraction of sp³-hybridized carbons (Fsp3) is 0.412. The average molecular weight is 399 g/mol. The second kappa shape index (κ2) is 8.22. The fourth-order valence-corrected chi connectivity index (χ4v) is 3.20. The maximum Gasteiger partial charge on any atom is 0.360 e. The Bertz CT molecular complexity index is 964. The molecule has 0 radical (unpaired) electrons. The zero-order chi connectivity index (χ0) is 20.2. The van der Waals surface area contributed by atoms with E-state index in [9.17, 15) is 4.79 Å². The van der Waals surface area contributed by atoms with Crippen molar-refractivity contribution in [3.05, 3.63) is 35.8 Å². The smallest absolute Gasteiger partial charge is 0.360 e. The molecule has 29 heavy (non-hydrogen) atoms. The first kappa shape index (κ1) is 18.8. The van der Waals surface area contributed by atoms with Crippen molar-refractivity contribution in [2.24, 2.45) is 0 Å². The van der Waals surface area contributed by atoms with Crippen molar-refractivity contribution >= 4 is 17.6 Å². The molecular formula is C17H21N9O3. The standard InChI is InChI=1S/C17H21N9O3/c1-2-28-17(27)14-12(26(23-20-14)16-15(18)21-29-22-16)11-24-7-9-25(10-8-24)13-5-3-4-6-19-13/h3-6H,2,7-11H2,1H3,(H2,18,21). The summed E-state index contributed by atoms with van der Waals surface area (Å²) in [6, 6.07) is 5.87. The Labute approximate surface area is 166 Å². The SMILES string of the molecule is CCOC(=O)c1nnn(-c2nonc2N)c1CN1CCN(c2ccccn2)CC1. The van der Waals surface area contributed by atoms with Gasteiger partial charge in [-0.3, -0.25) is 4.90 Å². The van der Waals surface area contributed by atoms with Crippen LogP contribution >= 0.6 is 0 Å². The lowest BCUT2D eigenvalue weighted by Crippen LogP contribution is -2.46. The largest absolute Gasteiger partial charge is 0.461 e. The van der Waals surface area contributed by atoms with Crippen molar-refractivity contribution in [3.8, 4) is 5.82 Å². The van der Waals surface area contributed by atoms with E-state index in [1.165, 1.54) is 4.68 Å². The Kier molecular flexibility index (Phi) is 5.33. The van der Waals surface area contributed by atoms with Gasteiger partial charge in [0, 0.05) is 38.9 Å². The van der Waals surface area contributed by atoms with Crippen molar-refractivity contribution < 1.29 is 14.2 Å². The van der Waals surface area contributed by atoms with Gasteiger partial charge in [0.25, 0.3) is 0 Å². The van der Waals surface area contributed by atoms with E-state index in [1.807, 2.05) is 18.2 Å². The van der Waals surface area contributed by atoms with Gasteiger partial charge in [-0.2, -0.15) is 4.68 Å². The minimum Gasteiger partial charge on any atom is -0.461 e. The van der Waals surface area contributed by atoms with E-state index in [2.05, 4.69) is 40.0 Å². The molecule has 0 bridgehead atoms. The number of carbonyl (C=O) groups excluding carboxylic acids is 1. The lowest BCUT2D eigenvalue weighted by atomic mass is 10.2. The maximum absolute atomic E-state index is 12.3. The van der Waals surface area contributed by atoms with Crippen LogP contribution in [0.4, 0.5) is 11.6 Å². The van der Waals surface area contributed by atoms with Crippen molar-refractivity contribution in [2.75, 3.05) is 43.4 Å². The van der Waals surface area contributed by atoms with Gasteiger partial charge in [0.1, 0.15) is 5.82 Å². The first-order chi connectivity index (χ1) is 14.2. The zero-order valence-electron chi connectivity index (χ0n) is 15.9. The highest BCUT2D eigenvalue weighted by molar-refractivity contribution is 5.88. The van der Waals surface area contributed by atoms with Gasteiger partial charge < -0.3 is 15.4 Å². The van der Waals surface area contributed by atoms with Gasteiger partial charge in [0.2, 0.25) is 11.6 Å². The molecule has 3 aromatic heterocycles. The Morgan fingerprint density at radius 1 is 1.24 bits per heavy atom. The van der Waals surface area contributed by atoms with Crippen LogP contribution in [0.1, 0.15) is 23.1 Å². The quantitative estimate of drug-likeness (QED) is 0.565. The van der Waals surface area contributed by atoms with E-state index in [0.29, 0.717) is 12.2 Å². The Morgan fingerprint density at radius 2 is 2.07 bits per heavy atom. The molecular weight excluding hydrogens is 378 g/mol. The second-order valence-corrected chi connectivity index (χ2v) is 6.44. The summed E-state index contributed by atoms with van der Waals surface area (Å²) in [5.41, 5.74) is 6.45. The molecule has 12 nitrogen and oxygen atoms in total. The number of hydrogen-bond donors (Lipinski definition) is 1. The minimum atomic E-state index is -0.545. The molecule has 1 saturated heterocycles. The predicted octanol–water partition coefficient (Wildman–Crippen LogP) is 0.126. The number of piperazine rings is 1. The van der Waals surface area contributed by atoms with Crippen LogP contribution < -0.4 is 10.6 Å². The molecule has 1 aliphatic rings. The normalized spacial score (nSPS) is 14.9. The molecule has 4 rings (SSSR count). The van der Waals surface area contributed by atoms with Crippen LogP contribution in [-0.4, -0.2) is 73.9 Å². The topological polar surface area (TPSA) is 141 Å². The molecule has 0 spiro atoms. The van der Waals surface area contributed by atoms with Crippen LogP contribution in [0, 0.1) is 0 Å². The highest BCUT2D eigenvalue weighted by atomic mass is 16.6. The molecule has 152 valence electrons. The average Bonchev–Trinajstić information content (AvgIpc) is 3.35. The van der Waals surface area contributed by atoms with Crippen LogP contribution in [0.5, 0.6) is 0 Å². The van der Waals surface area contributed by atoms with Crippen LogP contribution in [0.2, 0.25) is 0 Å². The zero-order valence-corrected chi connectivity index (χ0v) is 15.9. The van der Waals surface area contributed by atoms with E-state index in [1.54, 1.807) is 13.1 Å². The Morgan fingerprint density at radius 3 is 2.72 bits per heavy atom. The van der Waals surface area contributed by atoms with Gasteiger partial charge in [0.05, 0.1) is 12.3 Å². The van der Waals surface area contributed by atoms with Crippen molar-refractivity contribution in [2.45, 2.75) is 13.5 Å². The summed E-state index contributed by atoms with van der Waals surface area (Å²) < 4.78 is 11.2. The van der Waals surface area contributed by atoms with E-state index in [-0.39, 0.29) is 23.9 Å². The van der Waals surface area contributed by atoms with Crippen LogP contribution in [-0.2, 0) is 11.3 Å². The third-order valence-corrected chi connectivity index (χ3v) is 4.65. The molecule has 2 N–H and O–H groups in total. The van der Waals surface area contributed by atoms with Gasteiger partial charge in [-0.25, -0.2) is 14.4 Å². The third-order valence-electron chi connectivity index (χ3n) is 4.65. The van der Waals surface area contributed by atoms with Crippen molar-refractivity contribution in [1.29, 1.82) is 0 Å². The van der Waals surface area contributed by atoms with Crippen molar-refractivity contribution in [1.82, 2.24) is 35.2 Å². The summed E-state index contributed by atoms with van der Waals surface area (Å²) in [6.45, 7) is 5.55. The number of pyridine rings is 1. The maximum atomic E-state index is 12.3. The summed E-state index contributed by atoms with van der Waals surface area (Å²) >= 11 is 0. The van der Waals surface area contributed by atoms with E-state index in [0.717, 1.165) is 32.0 Å². The van der Waals surface area contributed by atoms with E-state index < -0.39 is 5.97 Å². The Hall–Kier alpha value is -3.54. The second-order valence-electron chi connectivity index (χ2n) is 6.44. The van der Waals surface area contributed by atoms with Gasteiger partial charge >= 0.3 is 5.97 Å². The molecule has 3 aromatic rings. The lowest BCUT2D eigenvalue weighted by Gasteiger charge is -2.35. The number of anilines is 2. The number of nitrogens with zero attached hydrogens (tertiary/aromatic N) is 8. The molecule has 0 atom stereocenters. The molecule has 12 heteroatoms. The molecule has 1 aliphatic heterocycles. The molecule has 1 fully saturated rings. The van der Waals surface area contributed by atoms with Gasteiger partial charge in [-0.15, -0.1) is 5.10 Å². The fourth-order valence-electron chi connectivity index (χ4n) is 3.20. The number of carbonyl (C=O) groups is 1. The molecule has 0 amide bonds. The highest BCUT2D eigenvalue weighted by Crippen LogP contribution is 2.20.